The average Bonchev–Trinajstić information content (AvgIpc) is 2.12. The number of rotatable bonds is 0. The molecule has 9 heavy (non-hydrogen) atoms. The van der Waals surface area contributed by atoms with Crippen molar-refractivity contribution in [1.82, 2.24) is 5.48 Å². The molecular weight excluding hydrogens is 122 g/mol. The molecule has 1 aliphatic rings. The van der Waals surface area contributed by atoms with Crippen molar-refractivity contribution in [3.8, 4) is 0 Å². The Morgan fingerprint density at radius 3 is 2.44 bits per heavy atom. The van der Waals surface area contributed by atoms with Crippen molar-refractivity contribution in [2.24, 2.45) is 0 Å². The highest BCUT2D eigenvalue weighted by Gasteiger charge is 2.26. The highest BCUT2D eigenvalue weighted by molar-refractivity contribution is 6.19. The lowest BCUT2D eigenvalue weighted by molar-refractivity contribution is -0.143. The highest BCUT2D eigenvalue weighted by Crippen LogP contribution is 2.02. The number of carbonyl (C=O) groups excluding carboxylic acids is 2. The summed E-state index contributed by atoms with van der Waals surface area (Å²) in [5.41, 5.74) is 1.83. The maximum Gasteiger partial charge on any atom is 0.368 e. The first-order valence-electron chi connectivity index (χ1n) is 2.26. The zero-order chi connectivity index (χ0) is 6.85. The van der Waals surface area contributed by atoms with Crippen LogP contribution in [0.3, 0.4) is 0 Å². The molecule has 0 aromatic carbocycles. The Balaban J connectivity index is 2.91. The normalized spacial score (nSPS) is 22.1. The Kier molecular flexibility index (Phi) is 1.22. The number of allylic oxidation sites excluding steroid dienone is 1. The summed E-state index contributed by atoms with van der Waals surface area (Å²) in [7, 11) is 0. The fourth-order valence-electron chi connectivity index (χ4n) is 0.471. The molecule has 0 aromatic heterocycles. The van der Waals surface area contributed by atoms with Gasteiger partial charge in [0.1, 0.15) is 5.57 Å². The molecule has 1 rings (SSSR count). The van der Waals surface area contributed by atoms with Crippen LogP contribution >= 0.6 is 0 Å². The molecule has 0 aliphatic carbocycles. The molecule has 0 bridgehead atoms. The van der Waals surface area contributed by atoms with E-state index in [1.165, 1.54) is 0 Å². The van der Waals surface area contributed by atoms with Crippen molar-refractivity contribution in [2.45, 2.75) is 0 Å². The lowest BCUT2D eigenvalue weighted by Crippen LogP contribution is -2.12. The molecule has 1 aliphatic heterocycles. The second-order valence-electron chi connectivity index (χ2n) is 1.44. The van der Waals surface area contributed by atoms with Gasteiger partial charge in [-0.3, -0.25) is 4.79 Å². The van der Waals surface area contributed by atoms with Crippen LogP contribution < -0.4 is 5.48 Å². The van der Waals surface area contributed by atoms with E-state index in [9.17, 15) is 9.59 Å². The van der Waals surface area contributed by atoms with Crippen LogP contribution in [0, 0.1) is 6.92 Å². The van der Waals surface area contributed by atoms with Crippen LogP contribution in [-0.2, 0) is 14.4 Å². The van der Waals surface area contributed by atoms with Gasteiger partial charge in [-0.25, -0.2) is 4.79 Å². The number of amides is 1. The van der Waals surface area contributed by atoms with Gasteiger partial charge in [0.2, 0.25) is 0 Å². The zero-order valence-electron chi connectivity index (χ0n) is 4.51. The van der Waals surface area contributed by atoms with Gasteiger partial charge in [-0.2, -0.15) is 5.48 Å². The van der Waals surface area contributed by atoms with Crippen LogP contribution in [-0.4, -0.2) is 11.9 Å². The van der Waals surface area contributed by atoms with Gasteiger partial charge in [-0.15, -0.1) is 0 Å². The van der Waals surface area contributed by atoms with Crippen molar-refractivity contribution in [2.75, 3.05) is 0 Å². The quantitative estimate of drug-likeness (QED) is 0.346. The average molecular weight is 126 g/mol. The Morgan fingerprint density at radius 1 is 1.56 bits per heavy atom. The maximum atomic E-state index is 10.5. The summed E-state index contributed by atoms with van der Waals surface area (Å²) in [6, 6.07) is 0. The van der Waals surface area contributed by atoms with Crippen molar-refractivity contribution in [3.05, 3.63) is 18.6 Å². The minimum atomic E-state index is -0.671. The summed E-state index contributed by atoms with van der Waals surface area (Å²) in [5, 5.41) is 0. The molecule has 1 N–H and O–H groups in total. The lowest BCUT2D eigenvalue weighted by Gasteiger charge is -1.81. The fourth-order valence-corrected chi connectivity index (χ4v) is 0.471. The van der Waals surface area contributed by atoms with Gasteiger partial charge in [0.25, 0.3) is 5.91 Å². The summed E-state index contributed by atoms with van der Waals surface area (Å²) in [5.74, 6) is -1.20. The van der Waals surface area contributed by atoms with Gasteiger partial charge in [0, 0.05) is 0 Å². The van der Waals surface area contributed by atoms with Gasteiger partial charge < -0.3 is 4.84 Å². The van der Waals surface area contributed by atoms with Crippen LogP contribution in [0.15, 0.2) is 11.6 Å². The van der Waals surface area contributed by atoms with E-state index in [1.54, 1.807) is 0 Å². The second-order valence-corrected chi connectivity index (χ2v) is 1.44. The van der Waals surface area contributed by atoms with Crippen LogP contribution in [0.5, 0.6) is 0 Å². The zero-order valence-corrected chi connectivity index (χ0v) is 4.51. The topological polar surface area (TPSA) is 55.4 Å². The summed E-state index contributed by atoms with van der Waals surface area (Å²) in [6.07, 6.45) is 1.16. The van der Waals surface area contributed by atoms with E-state index in [1.807, 2.05) is 5.48 Å². The molecule has 0 spiro atoms. The van der Waals surface area contributed by atoms with Crippen molar-refractivity contribution in [1.29, 1.82) is 0 Å². The monoisotopic (exact) mass is 126 g/mol. The van der Waals surface area contributed by atoms with Crippen molar-refractivity contribution >= 4 is 11.9 Å². The van der Waals surface area contributed by atoms with Crippen molar-refractivity contribution < 1.29 is 14.4 Å². The van der Waals surface area contributed by atoms with Crippen LogP contribution in [0.1, 0.15) is 0 Å². The number of hydrogen-bond donors (Lipinski definition) is 1. The lowest BCUT2D eigenvalue weighted by atomic mass is 10.3. The van der Waals surface area contributed by atoms with Gasteiger partial charge in [0.05, 0.1) is 0 Å². The fraction of sp³-hybridized carbons (Fsp3) is 0. The molecule has 4 heteroatoms. The Bertz CT molecular complexity index is 176. The Morgan fingerprint density at radius 2 is 2.22 bits per heavy atom. The van der Waals surface area contributed by atoms with Crippen molar-refractivity contribution in [3.63, 3.8) is 0 Å². The summed E-state index contributed by atoms with van der Waals surface area (Å²) in [4.78, 5) is 25.0. The van der Waals surface area contributed by atoms with Crippen LogP contribution in [0.4, 0.5) is 0 Å². The Labute approximate surface area is 51.4 Å². The number of nitrogens with one attached hydrogen (secondary N) is 1. The highest BCUT2D eigenvalue weighted by atomic mass is 16.7. The SMILES string of the molecule is [CH2]C=C1C(=O)NOC1=O. The second kappa shape index (κ2) is 1.89. The molecular formula is C5H4NO3. The van der Waals surface area contributed by atoms with E-state index in [0.29, 0.717) is 0 Å². The van der Waals surface area contributed by atoms with Gasteiger partial charge in [0.15, 0.2) is 0 Å². The van der Waals surface area contributed by atoms with E-state index in [-0.39, 0.29) is 5.57 Å². The molecule has 4 nitrogen and oxygen atoms in total. The first-order chi connectivity index (χ1) is 4.25. The molecule has 1 heterocycles. The molecule has 0 saturated carbocycles. The minimum Gasteiger partial charge on any atom is -0.335 e. The molecule has 1 radical (unpaired) electrons. The molecule has 0 unspecified atom stereocenters. The van der Waals surface area contributed by atoms with Crippen LogP contribution in [0.2, 0.25) is 0 Å². The third-order valence-corrected chi connectivity index (χ3v) is 0.905. The van der Waals surface area contributed by atoms with E-state index in [2.05, 4.69) is 11.8 Å². The van der Waals surface area contributed by atoms with Crippen LogP contribution in [0.25, 0.3) is 0 Å². The first kappa shape index (κ1) is 5.81. The molecule has 1 fully saturated rings. The largest absolute Gasteiger partial charge is 0.368 e. The molecule has 0 atom stereocenters. The smallest absolute Gasteiger partial charge is 0.335 e. The summed E-state index contributed by atoms with van der Waals surface area (Å²) >= 11 is 0. The maximum absolute atomic E-state index is 10.5. The first-order valence-corrected chi connectivity index (χ1v) is 2.26. The van der Waals surface area contributed by atoms with E-state index in [4.69, 9.17) is 0 Å². The van der Waals surface area contributed by atoms with E-state index in [0.717, 1.165) is 6.08 Å². The van der Waals surface area contributed by atoms with Gasteiger partial charge in [-0.05, 0) is 6.92 Å². The predicted octanol–water partition coefficient (Wildman–Crippen LogP) is -0.665. The van der Waals surface area contributed by atoms with E-state index < -0.39 is 11.9 Å². The minimum absolute atomic E-state index is 0.0463. The van der Waals surface area contributed by atoms with Gasteiger partial charge >= 0.3 is 5.97 Å². The standard InChI is InChI=1S/C5H4NO3/c1-2-3-4(7)6-9-5(3)8/h2H,1H2,(H,6,7). The summed E-state index contributed by atoms with van der Waals surface area (Å²) < 4.78 is 0. The molecule has 1 saturated heterocycles. The molecule has 1 amide bonds. The number of hydrogen-bond acceptors (Lipinski definition) is 3. The third kappa shape index (κ3) is 0.782. The molecule has 47 valence electrons. The number of hydroxylamine groups is 1. The Hall–Kier alpha value is -1.32. The third-order valence-electron chi connectivity index (χ3n) is 0.905. The molecule has 0 aromatic rings. The van der Waals surface area contributed by atoms with Gasteiger partial charge in [-0.1, -0.05) is 6.08 Å². The predicted molar refractivity (Wildman–Crippen MR) is 27.7 cm³/mol. The number of carbonyl (C=O) groups is 2. The summed E-state index contributed by atoms with van der Waals surface area (Å²) in [6.45, 7) is 3.24. The van der Waals surface area contributed by atoms with E-state index >= 15 is 0 Å².